The molecule has 0 aliphatic rings. The zero-order valence-electron chi connectivity index (χ0n) is 13.9. The molecule has 2 heterocycles. The Morgan fingerprint density at radius 2 is 1.71 bits per heavy atom. The highest BCUT2D eigenvalue weighted by Gasteiger charge is 2.57. The van der Waals surface area contributed by atoms with Crippen molar-refractivity contribution < 1.29 is 22.7 Å². The lowest BCUT2D eigenvalue weighted by Gasteiger charge is -2.30. The van der Waals surface area contributed by atoms with Crippen LogP contribution in [0.5, 0.6) is 0 Å². The molecule has 0 fully saturated rings. The Balaban J connectivity index is 1.86. The second-order valence-electron chi connectivity index (χ2n) is 6.12. The molecule has 0 saturated carbocycles. The van der Waals surface area contributed by atoms with Gasteiger partial charge >= 0.3 is 6.18 Å². The van der Waals surface area contributed by atoms with Crippen LogP contribution in [0.3, 0.4) is 0 Å². The largest absolute Gasteiger partial charge is 0.426 e. The molecule has 1 atom stereocenters. The zero-order chi connectivity index (χ0) is 20.1. The van der Waals surface area contributed by atoms with Crippen molar-refractivity contribution in [2.75, 3.05) is 0 Å². The van der Waals surface area contributed by atoms with Crippen LogP contribution in [0, 0.1) is 5.82 Å². The van der Waals surface area contributed by atoms with Crippen molar-refractivity contribution in [2.45, 2.75) is 11.8 Å². The van der Waals surface area contributed by atoms with Gasteiger partial charge in [0.1, 0.15) is 5.82 Å². The van der Waals surface area contributed by atoms with Crippen LogP contribution in [0.2, 0.25) is 4.34 Å². The molecule has 4 rings (SSSR count). The SMILES string of the molecule is OC(c1ccc2c(cnn2-c2ccc(F)cc2)c1)(c1ccc(Cl)s1)C(F)(F)F. The second-order valence-corrected chi connectivity index (χ2v) is 7.83. The van der Waals surface area contributed by atoms with Crippen molar-refractivity contribution in [3.8, 4) is 5.69 Å². The third-order valence-electron chi connectivity index (χ3n) is 4.40. The van der Waals surface area contributed by atoms with E-state index in [9.17, 15) is 22.7 Å². The summed E-state index contributed by atoms with van der Waals surface area (Å²) in [4.78, 5) is -0.324. The summed E-state index contributed by atoms with van der Waals surface area (Å²) >= 11 is 6.45. The number of hydrogen-bond donors (Lipinski definition) is 1. The predicted octanol–water partition coefficient (Wildman–Crippen LogP) is 5.68. The molecule has 3 nitrogen and oxygen atoms in total. The number of nitrogens with zero attached hydrogens (tertiary/aromatic N) is 2. The van der Waals surface area contributed by atoms with E-state index in [0.717, 1.165) is 6.07 Å². The summed E-state index contributed by atoms with van der Waals surface area (Å²) in [6.07, 6.45) is -3.57. The maximum absolute atomic E-state index is 13.9. The predicted molar refractivity (Wildman–Crippen MR) is 99.4 cm³/mol. The summed E-state index contributed by atoms with van der Waals surface area (Å²) in [5, 5.41) is 15.2. The number of halogens is 5. The molecule has 1 N–H and O–H groups in total. The zero-order valence-corrected chi connectivity index (χ0v) is 15.5. The number of aliphatic hydroxyl groups is 1. The summed E-state index contributed by atoms with van der Waals surface area (Å²) < 4.78 is 56.3. The lowest BCUT2D eigenvalue weighted by molar-refractivity contribution is -0.247. The minimum atomic E-state index is -4.96. The Morgan fingerprint density at radius 3 is 2.32 bits per heavy atom. The van der Waals surface area contributed by atoms with Gasteiger partial charge in [0.05, 0.1) is 26.6 Å². The minimum absolute atomic E-state index is 0.142. The molecular weight excluding hydrogens is 416 g/mol. The van der Waals surface area contributed by atoms with Crippen LogP contribution in [0.4, 0.5) is 17.6 Å². The quantitative estimate of drug-likeness (QED) is 0.428. The van der Waals surface area contributed by atoms with Crippen LogP contribution < -0.4 is 0 Å². The first-order valence-corrected chi connectivity index (χ1v) is 9.19. The monoisotopic (exact) mass is 426 g/mol. The first-order valence-electron chi connectivity index (χ1n) is 7.99. The van der Waals surface area contributed by atoms with E-state index in [0.29, 0.717) is 27.9 Å². The number of aromatic nitrogens is 2. The molecular formula is C19H11ClF4N2OS. The molecule has 2 aromatic carbocycles. The average Bonchev–Trinajstić information content (AvgIpc) is 3.26. The fourth-order valence-electron chi connectivity index (χ4n) is 3.00. The lowest BCUT2D eigenvalue weighted by Crippen LogP contribution is -2.42. The topological polar surface area (TPSA) is 38.1 Å². The summed E-state index contributed by atoms with van der Waals surface area (Å²) in [7, 11) is 0. The van der Waals surface area contributed by atoms with Crippen molar-refractivity contribution in [1.82, 2.24) is 9.78 Å². The van der Waals surface area contributed by atoms with Crippen LogP contribution in [0.1, 0.15) is 10.4 Å². The van der Waals surface area contributed by atoms with E-state index in [1.54, 1.807) is 0 Å². The summed E-state index contributed by atoms with van der Waals surface area (Å²) in [5.41, 5.74) is -2.47. The number of alkyl halides is 3. The van der Waals surface area contributed by atoms with Gasteiger partial charge in [-0.3, -0.25) is 0 Å². The summed E-state index contributed by atoms with van der Waals surface area (Å²) in [5.74, 6) is -0.410. The van der Waals surface area contributed by atoms with Gasteiger partial charge < -0.3 is 5.11 Å². The minimum Gasteiger partial charge on any atom is -0.372 e. The van der Waals surface area contributed by atoms with Crippen molar-refractivity contribution in [3.63, 3.8) is 0 Å². The van der Waals surface area contributed by atoms with Gasteiger partial charge in [-0.2, -0.15) is 18.3 Å². The maximum Gasteiger partial charge on any atom is 0.426 e. The van der Waals surface area contributed by atoms with Gasteiger partial charge in [0.15, 0.2) is 0 Å². The molecule has 9 heteroatoms. The molecule has 0 amide bonds. The molecule has 0 spiro atoms. The lowest BCUT2D eigenvalue weighted by atomic mass is 9.90. The molecule has 0 aliphatic carbocycles. The number of rotatable bonds is 3. The normalized spacial score (nSPS) is 14.4. The van der Waals surface area contributed by atoms with E-state index in [-0.39, 0.29) is 14.8 Å². The Labute approximate surface area is 165 Å². The van der Waals surface area contributed by atoms with Crippen LogP contribution in [-0.2, 0) is 5.60 Å². The molecule has 4 aromatic rings. The van der Waals surface area contributed by atoms with Gasteiger partial charge in [-0.15, -0.1) is 11.3 Å². The molecule has 28 heavy (non-hydrogen) atoms. The number of hydrogen-bond acceptors (Lipinski definition) is 3. The summed E-state index contributed by atoms with van der Waals surface area (Å²) in [6, 6.07) is 11.9. The van der Waals surface area contributed by atoms with Gasteiger partial charge in [-0.05, 0) is 54.1 Å². The Kier molecular flexibility index (Phi) is 4.45. The fraction of sp³-hybridized carbons (Fsp3) is 0.105. The molecule has 0 saturated heterocycles. The van der Waals surface area contributed by atoms with Crippen molar-refractivity contribution >= 4 is 33.8 Å². The van der Waals surface area contributed by atoms with E-state index in [4.69, 9.17) is 11.6 Å². The number of benzene rings is 2. The van der Waals surface area contributed by atoms with E-state index in [1.807, 2.05) is 0 Å². The van der Waals surface area contributed by atoms with E-state index in [2.05, 4.69) is 5.10 Å². The number of fused-ring (bicyclic) bond motifs is 1. The Bertz CT molecular complexity index is 1150. The van der Waals surface area contributed by atoms with E-state index < -0.39 is 17.6 Å². The van der Waals surface area contributed by atoms with Crippen LogP contribution in [0.25, 0.3) is 16.6 Å². The highest BCUT2D eigenvalue weighted by Crippen LogP contribution is 2.47. The first-order chi connectivity index (χ1) is 13.2. The van der Waals surface area contributed by atoms with Crippen LogP contribution >= 0.6 is 22.9 Å². The first kappa shape index (κ1) is 18.9. The fourth-order valence-corrected chi connectivity index (χ4v) is 4.18. The Hall–Kier alpha value is -2.42. The Morgan fingerprint density at radius 1 is 1.00 bits per heavy atom. The molecule has 1 unspecified atom stereocenters. The summed E-state index contributed by atoms with van der Waals surface area (Å²) in [6.45, 7) is 0. The molecule has 2 aromatic heterocycles. The van der Waals surface area contributed by atoms with E-state index >= 15 is 0 Å². The maximum atomic E-state index is 13.9. The molecule has 0 aliphatic heterocycles. The van der Waals surface area contributed by atoms with Crippen molar-refractivity contribution in [3.05, 3.63) is 81.4 Å². The highest BCUT2D eigenvalue weighted by molar-refractivity contribution is 7.16. The second kappa shape index (κ2) is 6.58. The van der Waals surface area contributed by atoms with Crippen LogP contribution in [-0.4, -0.2) is 21.1 Å². The molecule has 0 radical (unpaired) electrons. The van der Waals surface area contributed by atoms with Gasteiger partial charge in [-0.25, -0.2) is 9.07 Å². The smallest absolute Gasteiger partial charge is 0.372 e. The van der Waals surface area contributed by atoms with Gasteiger partial charge in [0, 0.05) is 5.39 Å². The van der Waals surface area contributed by atoms with Crippen molar-refractivity contribution in [1.29, 1.82) is 0 Å². The molecule has 0 bridgehead atoms. The standard InChI is InChI=1S/C19H11ClF4N2OS/c20-17-8-7-16(28-17)18(27,19(22,23)24)12-1-6-15-11(9-12)10-25-26(15)14-4-2-13(21)3-5-14/h1-10,27H. The number of thiophene rings is 1. The third-order valence-corrected chi connectivity index (χ3v) is 5.74. The van der Waals surface area contributed by atoms with Gasteiger partial charge in [0.25, 0.3) is 0 Å². The highest BCUT2D eigenvalue weighted by atomic mass is 35.5. The van der Waals surface area contributed by atoms with Crippen molar-refractivity contribution in [2.24, 2.45) is 0 Å². The average molecular weight is 427 g/mol. The van der Waals surface area contributed by atoms with E-state index in [1.165, 1.54) is 59.4 Å². The van der Waals surface area contributed by atoms with Gasteiger partial charge in [-0.1, -0.05) is 17.7 Å². The third kappa shape index (κ3) is 2.97. The molecule has 144 valence electrons. The van der Waals surface area contributed by atoms with Gasteiger partial charge in [0.2, 0.25) is 5.60 Å². The van der Waals surface area contributed by atoms with Crippen LogP contribution in [0.15, 0.2) is 60.8 Å².